The lowest BCUT2D eigenvalue weighted by molar-refractivity contribution is -0.384. The minimum absolute atomic E-state index is 0.119. The first-order chi connectivity index (χ1) is 17.0. The Bertz CT molecular complexity index is 1440. The van der Waals surface area contributed by atoms with E-state index in [2.05, 4.69) is 5.10 Å². The van der Waals surface area contributed by atoms with Gasteiger partial charge in [0.05, 0.1) is 34.7 Å². The normalized spacial score (nSPS) is 24.2. The molecule has 172 valence electrons. The highest BCUT2D eigenvalue weighted by Crippen LogP contribution is 2.53. The SMILES string of the molecule is O=C(c1ccccc1)[C@@H]1[C@@H]2C(=O)N(c3cccc([N+](=O)[O-])c3)C(=O)[C@@H]2[C@@H]2c3ccccc3C=NN12. The van der Waals surface area contributed by atoms with Crippen LogP contribution >= 0.6 is 0 Å². The molecule has 0 spiro atoms. The maximum atomic E-state index is 13.8. The molecule has 3 aromatic carbocycles. The van der Waals surface area contributed by atoms with E-state index >= 15 is 0 Å². The van der Waals surface area contributed by atoms with E-state index < -0.39 is 40.7 Å². The smallest absolute Gasteiger partial charge is 0.271 e. The highest BCUT2D eigenvalue weighted by molar-refractivity contribution is 6.24. The molecule has 9 nitrogen and oxygen atoms in total. The first-order valence-electron chi connectivity index (χ1n) is 11.1. The van der Waals surface area contributed by atoms with Crippen molar-refractivity contribution in [2.24, 2.45) is 16.9 Å². The van der Waals surface area contributed by atoms with Crippen molar-refractivity contribution in [2.75, 3.05) is 4.90 Å². The van der Waals surface area contributed by atoms with Gasteiger partial charge in [-0.15, -0.1) is 0 Å². The Kier molecular flexibility index (Phi) is 4.60. The van der Waals surface area contributed by atoms with Crippen LogP contribution in [-0.2, 0) is 9.59 Å². The molecule has 3 aromatic rings. The third-order valence-corrected chi connectivity index (χ3v) is 6.92. The van der Waals surface area contributed by atoms with E-state index in [1.807, 2.05) is 24.3 Å². The number of nitro groups is 1. The lowest BCUT2D eigenvalue weighted by Gasteiger charge is -2.33. The van der Waals surface area contributed by atoms with Crippen molar-refractivity contribution in [3.63, 3.8) is 0 Å². The van der Waals surface area contributed by atoms with Gasteiger partial charge in [-0.1, -0.05) is 60.7 Å². The van der Waals surface area contributed by atoms with Crippen LogP contribution in [0.15, 0.2) is 84.0 Å². The number of hydrazone groups is 1. The van der Waals surface area contributed by atoms with Crippen molar-refractivity contribution in [1.29, 1.82) is 0 Å². The van der Waals surface area contributed by atoms with Crippen LogP contribution in [-0.4, -0.2) is 39.8 Å². The Morgan fingerprint density at radius 1 is 0.886 bits per heavy atom. The molecular formula is C26H18N4O5. The first kappa shape index (κ1) is 20.9. The predicted octanol–water partition coefficient (Wildman–Crippen LogP) is 3.36. The molecular weight excluding hydrogens is 448 g/mol. The summed E-state index contributed by atoms with van der Waals surface area (Å²) in [7, 11) is 0. The van der Waals surface area contributed by atoms with E-state index in [1.165, 1.54) is 24.3 Å². The lowest BCUT2D eigenvalue weighted by atomic mass is 9.83. The molecule has 2 saturated heterocycles. The van der Waals surface area contributed by atoms with Gasteiger partial charge in [0, 0.05) is 17.7 Å². The number of imide groups is 1. The minimum atomic E-state index is -0.989. The number of nitro benzene ring substituents is 1. The molecule has 0 radical (unpaired) electrons. The standard InChI is InChI=1S/C26H18N4O5/c31-24(15-7-2-1-3-8-15)23-21-20(22-19-12-5-4-9-16(19)14-27-29(22)23)25(32)28(26(21)33)17-10-6-11-18(13-17)30(34)35/h1-14,20-23H/t20-,21+,22-,23-/m0/s1. The number of hydrogen-bond donors (Lipinski definition) is 0. The second-order valence-corrected chi connectivity index (χ2v) is 8.71. The molecule has 0 unspecified atom stereocenters. The van der Waals surface area contributed by atoms with Crippen molar-refractivity contribution >= 4 is 35.2 Å². The van der Waals surface area contributed by atoms with E-state index in [0.29, 0.717) is 5.56 Å². The summed E-state index contributed by atoms with van der Waals surface area (Å²) < 4.78 is 0. The van der Waals surface area contributed by atoms with Gasteiger partial charge in [0.25, 0.3) is 5.69 Å². The molecule has 3 heterocycles. The van der Waals surface area contributed by atoms with Gasteiger partial charge in [0.2, 0.25) is 11.8 Å². The Labute approximate surface area is 199 Å². The quantitative estimate of drug-likeness (QED) is 0.252. The predicted molar refractivity (Wildman–Crippen MR) is 126 cm³/mol. The summed E-state index contributed by atoms with van der Waals surface area (Å²) in [5.41, 5.74) is 1.93. The number of rotatable bonds is 4. The summed E-state index contributed by atoms with van der Waals surface area (Å²) in [4.78, 5) is 53.0. The fourth-order valence-electron chi connectivity index (χ4n) is 5.44. The number of fused-ring (bicyclic) bond motifs is 5. The number of carbonyl (C=O) groups excluding carboxylic acids is 3. The van der Waals surface area contributed by atoms with Gasteiger partial charge in [-0.25, -0.2) is 4.90 Å². The van der Waals surface area contributed by atoms with Gasteiger partial charge in [-0.05, 0) is 17.2 Å². The maximum absolute atomic E-state index is 13.8. The van der Waals surface area contributed by atoms with E-state index in [-0.39, 0.29) is 17.2 Å². The van der Waals surface area contributed by atoms with Crippen molar-refractivity contribution in [3.8, 4) is 0 Å². The third kappa shape index (κ3) is 3.01. The molecule has 3 aliphatic rings. The molecule has 2 fully saturated rings. The van der Waals surface area contributed by atoms with Gasteiger partial charge in [0.15, 0.2) is 5.78 Å². The zero-order chi connectivity index (χ0) is 24.3. The number of benzene rings is 3. The van der Waals surface area contributed by atoms with Crippen molar-refractivity contribution in [1.82, 2.24) is 5.01 Å². The van der Waals surface area contributed by atoms with Gasteiger partial charge in [-0.2, -0.15) is 5.10 Å². The molecule has 35 heavy (non-hydrogen) atoms. The summed E-state index contributed by atoms with van der Waals surface area (Å²) in [6.45, 7) is 0. The van der Waals surface area contributed by atoms with E-state index in [1.54, 1.807) is 41.6 Å². The van der Waals surface area contributed by atoms with Gasteiger partial charge in [0.1, 0.15) is 6.04 Å². The minimum Gasteiger partial charge on any atom is -0.292 e. The first-order valence-corrected chi connectivity index (χ1v) is 11.1. The number of nitrogens with zero attached hydrogens (tertiary/aromatic N) is 4. The van der Waals surface area contributed by atoms with Crippen molar-refractivity contribution in [3.05, 3.63) is 106 Å². The summed E-state index contributed by atoms with van der Waals surface area (Å²) in [5, 5.41) is 17.4. The molecule has 2 amide bonds. The fourth-order valence-corrected chi connectivity index (χ4v) is 5.44. The van der Waals surface area contributed by atoms with E-state index in [0.717, 1.165) is 16.0 Å². The van der Waals surface area contributed by atoms with Crippen LogP contribution in [0, 0.1) is 22.0 Å². The molecule has 0 aromatic heterocycles. The molecule has 0 saturated carbocycles. The second-order valence-electron chi connectivity index (χ2n) is 8.71. The van der Waals surface area contributed by atoms with Gasteiger partial charge < -0.3 is 0 Å². The van der Waals surface area contributed by atoms with Gasteiger partial charge >= 0.3 is 0 Å². The summed E-state index contributed by atoms with van der Waals surface area (Å²) in [6.07, 6.45) is 1.64. The Morgan fingerprint density at radius 3 is 2.37 bits per heavy atom. The van der Waals surface area contributed by atoms with Gasteiger partial charge in [-0.3, -0.25) is 29.5 Å². The zero-order valence-corrected chi connectivity index (χ0v) is 18.2. The molecule has 0 N–H and O–H groups in total. The van der Waals surface area contributed by atoms with Crippen molar-refractivity contribution < 1.29 is 19.3 Å². The van der Waals surface area contributed by atoms with Crippen LogP contribution in [0.4, 0.5) is 11.4 Å². The molecule has 4 atom stereocenters. The number of Topliss-reactive ketones (excluding diaryl/α,β-unsaturated/α-hetero) is 1. The van der Waals surface area contributed by atoms with Crippen LogP contribution < -0.4 is 4.90 Å². The fraction of sp³-hybridized carbons (Fsp3) is 0.154. The van der Waals surface area contributed by atoms with Crippen LogP contribution in [0.3, 0.4) is 0 Å². The number of amides is 2. The number of anilines is 1. The van der Waals surface area contributed by atoms with E-state index in [4.69, 9.17) is 0 Å². The monoisotopic (exact) mass is 466 g/mol. The molecule has 0 bridgehead atoms. The van der Waals surface area contributed by atoms with Crippen LogP contribution in [0.2, 0.25) is 0 Å². The number of carbonyl (C=O) groups is 3. The Morgan fingerprint density at radius 2 is 1.60 bits per heavy atom. The topological polar surface area (TPSA) is 113 Å². The maximum Gasteiger partial charge on any atom is 0.271 e. The van der Waals surface area contributed by atoms with Crippen LogP contribution in [0.25, 0.3) is 0 Å². The highest BCUT2D eigenvalue weighted by Gasteiger charge is 2.65. The summed E-state index contributed by atoms with van der Waals surface area (Å²) >= 11 is 0. The molecule has 3 aliphatic heterocycles. The molecule has 9 heteroatoms. The Balaban J connectivity index is 1.50. The Hall–Kier alpha value is -4.66. The zero-order valence-electron chi connectivity index (χ0n) is 18.2. The number of ketones is 1. The largest absolute Gasteiger partial charge is 0.292 e. The number of non-ortho nitro benzene ring substituents is 1. The summed E-state index contributed by atoms with van der Waals surface area (Å²) in [6, 6.07) is 19.9. The molecule has 0 aliphatic carbocycles. The van der Waals surface area contributed by atoms with Crippen LogP contribution in [0.1, 0.15) is 27.5 Å². The van der Waals surface area contributed by atoms with Crippen molar-refractivity contribution in [2.45, 2.75) is 12.1 Å². The lowest BCUT2D eigenvalue weighted by Crippen LogP contribution is -2.44. The molecule has 6 rings (SSSR count). The summed E-state index contributed by atoms with van der Waals surface area (Å²) in [5.74, 6) is -3.20. The van der Waals surface area contributed by atoms with E-state index in [9.17, 15) is 24.5 Å². The highest BCUT2D eigenvalue weighted by atomic mass is 16.6. The number of hydrogen-bond acceptors (Lipinski definition) is 7. The average Bonchev–Trinajstić information content (AvgIpc) is 3.36. The average molecular weight is 466 g/mol. The third-order valence-electron chi connectivity index (χ3n) is 6.92. The second kappa shape index (κ2) is 7.69. The van der Waals surface area contributed by atoms with Crippen LogP contribution in [0.5, 0.6) is 0 Å².